The highest BCUT2D eigenvalue weighted by Gasteiger charge is 2.29. The average molecular weight is 391 g/mol. The molecule has 27 heavy (non-hydrogen) atoms. The van der Waals surface area contributed by atoms with Crippen LogP contribution < -0.4 is 0 Å². The number of rotatable bonds is 6. The van der Waals surface area contributed by atoms with E-state index in [9.17, 15) is 0 Å². The molecule has 0 bridgehead atoms. The van der Waals surface area contributed by atoms with Crippen molar-refractivity contribution in [2.45, 2.75) is 51.9 Å². The minimum atomic E-state index is -1.85. The molecule has 0 saturated heterocycles. The molecule has 0 aromatic heterocycles. The molecule has 0 N–H and O–H groups in total. The smallest absolute Gasteiger partial charge is 0.198 e. The first-order chi connectivity index (χ1) is 12.8. The molecule has 0 spiro atoms. The van der Waals surface area contributed by atoms with Crippen LogP contribution in [0.3, 0.4) is 0 Å². The van der Waals surface area contributed by atoms with Crippen molar-refractivity contribution in [1.82, 2.24) is 0 Å². The molecule has 0 fully saturated rings. The lowest BCUT2D eigenvalue weighted by molar-refractivity contribution is 0.571. The maximum absolute atomic E-state index is 6.71. The van der Waals surface area contributed by atoms with E-state index in [-0.39, 0.29) is 0 Å². The summed E-state index contributed by atoms with van der Waals surface area (Å²) in [5.41, 5.74) is 13.4. The molecule has 0 radical (unpaired) electrons. The quantitative estimate of drug-likeness (QED) is 0.540. The highest BCUT2D eigenvalue weighted by atomic mass is 28.4. The van der Waals surface area contributed by atoms with Crippen LogP contribution in [0.1, 0.15) is 33.4 Å². The monoisotopic (exact) mass is 390 g/mol. The fourth-order valence-electron chi connectivity index (χ4n) is 3.98. The zero-order chi connectivity index (χ0) is 19.1. The van der Waals surface area contributed by atoms with Gasteiger partial charge in [0.2, 0.25) is 0 Å². The van der Waals surface area contributed by atoms with Gasteiger partial charge in [0.05, 0.1) is 0 Å². The fourth-order valence-corrected chi connectivity index (χ4v) is 11.1. The topological polar surface area (TPSA) is 9.23 Å². The Morgan fingerprint density at radius 1 is 0.630 bits per heavy atom. The van der Waals surface area contributed by atoms with Crippen molar-refractivity contribution < 1.29 is 4.12 Å². The molecular weight excluding hydrogens is 360 g/mol. The Balaban J connectivity index is 1.41. The molecule has 0 saturated carbocycles. The molecule has 0 heterocycles. The van der Waals surface area contributed by atoms with Gasteiger partial charge < -0.3 is 4.12 Å². The molecule has 0 atom stereocenters. The molecule has 0 aliphatic heterocycles. The number of benzene rings is 2. The zero-order valence-electron chi connectivity index (χ0n) is 17.0. The van der Waals surface area contributed by atoms with E-state index >= 15 is 0 Å². The van der Waals surface area contributed by atoms with Crippen LogP contribution in [0.15, 0.2) is 47.8 Å². The molecule has 140 valence electrons. The van der Waals surface area contributed by atoms with Crippen molar-refractivity contribution in [2.75, 3.05) is 0 Å². The molecule has 2 aromatic carbocycles. The molecular formula is C24H30OSi2. The summed E-state index contributed by atoms with van der Waals surface area (Å²) < 4.78 is 6.71. The summed E-state index contributed by atoms with van der Waals surface area (Å²) in [5.74, 6) is 0. The summed E-state index contributed by atoms with van der Waals surface area (Å²) in [6.07, 6.45) is 9.52. The normalized spacial score (nSPS) is 16.1. The Labute approximate surface area is 166 Å². The lowest BCUT2D eigenvalue weighted by atomic mass is 9.87. The predicted octanol–water partition coefficient (Wildman–Crippen LogP) is 6.12. The number of hydrogen-bond acceptors (Lipinski definition) is 1. The standard InChI is InChI=1S/C24H30OSi2/c1-26(2,15-13-19-5-7-21-9-11-23(21)17-19)25-27(3,4)16-14-20-6-8-22-10-12-24(22)18-20/h5-8,13-18H,9-12H2,1-4H3/b15-13-,16-14-. The average Bonchev–Trinajstić information content (AvgIpc) is 2.54. The van der Waals surface area contributed by atoms with Crippen LogP contribution in [-0.2, 0) is 29.8 Å². The summed E-state index contributed by atoms with van der Waals surface area (Å²) in [7, 11) is -3.70. The van der Waals surface area contributed by atoms with Gasteiger partial charge in [-0.15, -0.1) is 0 Å². The molecule has 2 aromatic rings. The molecule has 0 amide bonds. The van der Waals surface area contributed by atoms with Gasteiger partial charge in [-0.1, -0.05) is 59.9 Å². The van der Waals surface area contributed by atoms with Crippen LogP contribution in [0.25, 0.3) is 12.2 Å². The van der Waals surface area contributed by atoms with E-state index in [2.05, 4.69) is 86.1 Å². The van der Waals surface area contributed by atoms with E-state index in [0.29, 0.717) is 0 Å². The van der Waals surface area contributed by atoms with Crippen LogP contribution in [-0.4, -0.2) is 16.6 Å². The van der Waals surface area contributed by atoms with Gasteiger partial charge in [-0.2, -0.15) is 0 Å². The van der Waals surface area contributed by atoms with Crippen molar-refractivity contribution in [1.29, 1.82) is 0 Å². The van der Waals surface area contributed by atoms with Gasteiger partial charge in [0.1, 0.15) is 0 Å². The summed E-state index contributed by atoms with van der Waals surface area (Å²) >= 11 is 0. The predicted molar refractivity (Wildman–Crippen MR) is 122 cm³/mol. The van der Waals surface area contributed by atoms with E-state index in [4.69, 9.17) is 4.12 Å². The molecule has 2 aliphatic carbocycles. The third kappa shape index (κ3) is 4.42. The van der Waals surface area contributed by atoms with Crippen LogP contribution in [0.4, 0.5) is 0 Å². The Bertz CT molecular complexity index is 846. The summed E-state index contributed by atoms with van der Waals surface area (Å²) in [6.45, 7) is 9.22. The highest BCUT2D eigenvalue weighted by Crippen LogP contribution is 2.26. The molecule has 3 heteroatoms. The van der Waals surface area contributed by atoms with E-state index in [1.807, 2.05) is 0 Å². The number of aryl methyl sites for hydroxylation is 4. The van der Waals surface area contributed by atoms with E-state index in [0.717, 1.165) is 0 Å². The lowest BCUT2D eigenvalue weighted by Crippen LogP contribution is -2.42. The molecule has 4 rings (SSSR count). The Morgan fingerprint density at radius 3 is 1.37 bits per heavy atom. The third-order valence-corrected chi connectivity index (χ3v) is 11.8. The van der Waals surface area contributed by atoms with Gasteiger partial charge in [-0.25, -0.2) is 0 Å². The summed E-state index contributed by atoms with van der Waals surface area (Å²) in [4.78, 5) is 0. The zero-order valence-corrected chi connectivity index (χ0v) is 19.0. The first-order valence-electron chi connectivity index (χ1n) is 10.1. The van der Waals surface area contributed by atoms with Gasteiger partial charge in [-0.05, 0) is 85.3 Å². The van der Waals surface area contributed by atoms with Crippen LogP contribution in [0.2, 0.25) is 26.2 Å². The second-order valence-electron chi connectivity index (χ2n) is 9.03. The van der Waals surface area contributed by atoms with Gasteiger partial charge in [0, 0.05) is 0 Å². The van der Waals surface area contributed by atoms with Crippen molar-refractivity contribution in [3.8, 4) is 0 Å². The second kappa shape index (κ2) is 7.04. The van der Waals surface area contributed by atoms with Crippen LogP contribution in [0, 0.1) is 0 Å². The lowest BCUT2D eigenvalue weighted by Gasteiger charge is -2.30. The molecule has 0 unspecified atom stereocenters. The third-order valence-electron chi connectivity index (χ3n) is 5.67. The van der Waals surface area contributed by atoms with Crippen molar-refractivity contribution in [3.63, 3.8) is 0 Å². The minimum Gasteiger partial charge on any atom is -0.449 e. The summed E-state index contributed by atoms with van der Waals surface area (Å²) in [5, 5.41) is 0. The van der Waals surface area contributed by atoms with Gasteiger partial charge in [-0.3, -0.25) is 0 Å². The van der Waals surface area contributed by atoms with Gasteiger partial charge in [0.25, 0.3) is 0 Å². The van der Waals surface area contributed by atoms with Crippen molar-refractivity contribution in [2.24, 2.45) is 0 Å². The minimum absolute atomic E-state index is 1.24. The maximum Gasteiger partial charge on any atom is 0.198 e. The highest BCUT2D eigenvalue weighted by molar-refractivity contribution is 6.90. The maximum atomic E-state index is 6.71. The first kappa shape index (κ1) is 18.7. The first-order valence-corrected chi connectivity index (χ1v) is 16.1. The Morgan fingerprint density at radius 2 is 1.04 bits per heavy atom. The number of fused-ring (bicyclic) bond motifs is 2. The Hall–Kier alpha value is -1.69. The molecule has 2 aliphatic rings. The second-order valence-corrected chi connectivity index (χ2v) is 16.9. The van der Waals surface area contributed by atoms with E-state index < -0.39 is 16.6 Å². The van der Waals surface area contributed by atoms with Crippen LogP contribution >= 0.6 is 0 Å². The van der Waals surface area contributed by atoms with Crippen molar-refractivity contribution >= 4 is 28.8 Å². The van der Waals surface area contributed by atoms with E-state index in [1.165, 1.54) is 59.1 Å². The Kier molecular flexibility index (Phi) is 4.87. The van der Waals surface area contributed by atoms with E-state index in [1.54, 1.807) is 0 Å². The largest absolute Gasteiger partial charge is 0.449 e. The van der Waals surface area contributed by atoms with Gasteiger partial charge in [0.15, 0.2) is 16.6 Å². The van der Waals surface area contributed by atoms with Crippen LogP contribution in [0.5, 0.6) is 0 Å². The molecule has 1 nitrogen and oxygen atoms in total. The van der Waals surface area contributed by atoms with Crippen molar-refractivity contribution in [3.05, 3.63) is 81.2 Å². The SMILES string of the molecule is C[Si](C)(/C=C\c1ccc2c(c1)CC2)O[Si](C)(C)/C=C\c1ccc2c(c1)CC2. The fraction of sp³-hybridized carbons (Fsp3) is 0.333. The van der Waals surface area contributed by atoms with Gasteiger partial charge >= 0.3 is 0 Å². The summed E-state index contributed by atoms with van der Waals surface area (Å²) in [6, 6.07) is 13.7. The number of hydrogen-bond donors (Lipinski definition) is 0.